The number of ether oxygens (including phenoxy) is 3. The second-order valence-corrected chi connectivity index (χ2v) is 7.55. The summed E-state index contributed by atoms with van der Waals surface area (Å²) in [4.78, 5) is 6.93. The minimum absolute atomic E-state index is 0.0689. The van der Waals surface area contributed by atoms with Crippen molar-refractivity contribution in [2.45, 2.75) is 37.8 Å². The van der Waals surface area contributed by atoms with Gasteiger partial charge in [-0.1, -0.05) is 0 Å². The van der Waals surface area contributed by atoms with Gasteiger partial charge in [-0.3, -0.25) is 9.89 Å². The van der Waals surface area contributed by atoms with Crippen LogP contribution >= 0.6 is 0 Å². The van der Waals surface area contributed by atoms with Crippen molar-refractivity contribution in [3.05, 3.63) is 0 Å². The van der Waals surface area contributed by atoms with Gasteiger partial charge in [0, 0.05) is 58.4 Å². The highest BCUT2D eigenvalue weighted by molar-refractivity contribution is 5.79. The summed E-state index contributed by atoms with van der Waals surface area (Å²) in [6.07, 6.45) is 3.39. The van der Waals surface area contributed by atoms with Gasteiger partial charge in [-0.2, -0.15) is 0 Å². The quantitative estimate of drug-likeness (QED) is 0.534. The molecule has 0 amide bonds. The molecular formula is C18H34N4O3. The van der Waals surface area contributed by atoms with E-state index in [4.69, 9.17) is 14.2 Å². The molecule has 3 saturated heterocycles. The predicted octanol–water partition coefficient (Wildman–Crippen LogP) is 0.458. The topological polar surface area (TPSA) is 67.4 Å². The van der Waals surface area contributed by atoms with Crippen molar-refractivity contribution in [1.82, 2.24) is 15.5 Å². The van der Waals surface area contributed by atoms with Gasteiger partial charge in [-0.25, -0.2) is 0 Å². The van der Waals surface area contributed by atoms with Crippen LogP contribution in [0.15, 0.2) is 4.99 Å². The summed E-state index contributed by atoms with van der Waals surface area (Å²) in [5.41, 5.74) is -0.0689. The van der Waals surface area contributed by atoms with Crippen molar-refractivity contribution in [2.24, 2.45) is 10.9 Å². The Morgan fingerprint density at radius 3 is 2.68 bits per heavy atom. The second-order valence-electron chi connectivity index (χ2n) is 7.55. The van der Waals surface area contributed by atoms with Gasteiger partial charge in [0.2, 0.25) is 0 Å². The molecule has 3 atom stereocenters. The average molecular weight is 354 g/mol. The molecule has 0 aliphatic carbocycles. The van der Waals surface area contributed by atoms with E-state index in [1.807, 2.05) is 7.05 Å². The fraction of sp³-hybridized carbons (Fsp3) is 0.944. The molecule has 25 heavy (non-hydrogen) atoms. The van der Waals surface area contributed by atoms with Gasteiger partial charge in [0.05, 0.1) is 25.4 Å². The Balaban J connectivity index is 1.51. The molecule has 2 N–H and O–H groups in total. The highest BCUT2D eigenvalue weighted by Crippen LogP contribution is 2.24. The number of guanidine groups is 1. The van der Waals surface area contributed by atoms with Gasteiger partial charge in [-0.05, 0) is 26.2 Å². The highest BCUT2D eigenvalue weighted by Gasteiger charge is 2.32. The molecule has 3 aliphatic rings. The van der Waals surface area contributed by atoms with Gasteiger partial charge < -0.3 is 24.8 Å². The smallest absolute Gasteiger partial charge is 0.191 e. The standard InChI is InChI=1S/C18H34N4O3/c1-18(5-3-8-25-18)14-21-17(19-2)20-12-16(15-4-9-24-13-15)22-6-10-23-11-7-22/h15-16H,3-14H2,1-2H3,(H2,19,20,21). The molecule has 7 nitrogen and oxygen atoms in total. The van der Waals surface area contributed by atoms with Crippen LogP contribution in [0.3, 0.4) is 0 Å². The van der Waals surface area contributed by atoms with E-state index in [2.05, 4.69) is 27.4 Å². The third kappa shape index (κ3) is 5.29. The van der Waals surface area contributed by atoms with Crippen molar-refractivity contribution in [3.63, 3.8) is 0 Å². The van der Waals surface area contributed by atoms with Crippen LogP contribution in [-0.4, -0.2) is 88.8 Å². The molecule has 0 aromatic rings. The van der Waals surface area contributed by atoms with Crippen molar-refractivity contribution in [2.75, 3.05) is 66.3 Å². The maximum atomic E-state index is 5.85. The Bertz CT molecular complexity index is 428. The molecule has 0 bridgehead atoms. The van der Waals surface area contributed by atoms with Crippen molar-refractivity contribution >= 4 is 5.96 Å². The summed E-state index contributed by atoms with van der Waals surface area (Å²) in [5, 5.41) is 6.97. The number of nitrogens with zero attached hydrogens (tertiary/aromatic N) is 2. The summed E-state index contributed by atoms with van der Waals surface area (Å²) in [6, 6.07) is 0.461. The first-order valence-corrected chi connectivity index (χ1v) is 9.68. The molecule has 3 aliphatic heterocycles. The summed E-state index contributed by atoms with van der Waals surface area (Å²) >= 11 is 0. The first-order chi connectivity index (χ1) is 12.2. The fourth-order valence-corrected chi connectivity index (χ4v) is 4.03. The maximum absolute atomic E-state index is 5.85. The zero-order chi connectivity index (χ0) is 17.5. The van der Waals surface area contributed by atoms with E-state index in [0.717, 1.165) is 84.4 Å². The molecule has 0 saturated carbocycles. The number of hydrogen-bond donors (Lipinski definition) is 2. The maximum Gasteiger partial charge on any atom is 0.191 e. The minimum Gasteiger partial charge on any atom is -0.381 e. The second kappa shape index (κ2) is 9.16. The Kier molecular flexibility index (Phi) is 6.92. The lowest BCUT2D eigenvalue weighted by Crippen LogP contribution is -2.54. The molecule has 3 fully saturated rings. The number of nitrogens with one attached hydrogen (secondary N) is 2. The molecule has 3 unspecified atom stereocenters. The molecule has 0 aromatic heterocycles. The number of rotatable bonds is 6. The lowest BCUT2D eigenvalue weighted by atomic mass is 9.97. The first kappa shape index (κ1) is 18.9. The van der Waals surface area contributed by atoms with E-state index in [1.54, 1.807) is 0 Å². The van der Waals surface area contributed by atoms with E-state index in [-0.39, 0.29) is 5.60 Å². The van der Waals surface area contributed by atoms with Crippen LogP contribution in [0.4, 0.5) is 0 Å². The average Bonchev–Trinajstić information content (AvgIpc) is 3.31. The van der Waals surface area contributed by atoms with Crippen LogP contribution in [0.25, 0.3) is 0 Å². The van der Waals surface area contributed by atoms with Crippen LogP contribution in [0, 0.1) is 5.92 Å². The fourth-order valence-electron chi connectivity index (χ4n) is 4.03. The number of hydrogen-bond acceptors (Lipinski definition) is 5. The highest BCUT2D eigenvalue weighted by atomic mass is 16.5. The van der Waals surface area contributed by atoms with Crippen molar-refractivity contribution in [1.29, 1.82) is 0 Å². The number of aliphatic imine (C=N–C) groups is 1. The monoisotopic (exact) mass is 354 g/mol. The van der Waals surface area contributed by atoms with Gasteiger partial charge in [0.25, 0.3) is 0 Å². The molecule has 3 rings (SSSR count). The summed E-state index contributed by atoms with van der Waals surface area (Å²) in [5.74, 6) is 1.44. The number of morpholine rings is 1. The lowest BCUT2D eigenvalue weighted by Gasteiger charge is -2.37. The molecule has 0 radical (unpaired) electrons. The van der Waals surface area contributed by atoms with Crippen LogP contribution in [0.1, 0.15) is 26.2 Å². The molecule has 7 heteroatoms. The third-order valence-corrected chi connectivity index (χ3v) is 5.66. The Hall–Kier alpha value is -0.890. The molecule has 3 heterocycles. The van der Waals surface area contributed by atoms with E-state index in [9.17, 15) is 0 Å². The Morgan fingerprint density at radius 2 is 2.04 bits per heavy atom. The van der Waals surface area contributed by atoms with Crippen LogP contribution in [0.2, 0.25) is 0 Å². The van der Waals surface area contributed by atoms with Crippen LogP contribution < -0.4 is 10.6 Å². The first-order valence-electron chi connectivity index (χ1n) is 9.68. The van der Waals surface area contributed by atoms with E-state index in [1.165, 1.54) is 0 Å². The predicted molar refractivity (Wildman–Crippen MR) is 98.1 cm³/mol. The Labute approximate surface area is 151 Å². The van der Waals surface area contributed by atoms with Crippen LogP contribution in [-0.2, 0) is 14.2 Å². The molecule has 144 valence electrons. The zero-order valence-electron chi connectivity index (χ0n) is 15.8. The van der Waals surface area contributed by atoms with Crippen molar-refractivity contribution < 1.29 is 14.2 Å². The third-order valence-electron chi connectivity index (χ3n) is 5.66. The molecular weight excluding hydrogens is 320 g/mol. The van der Waals surface area contributed by atoms with Gasteiger partial charge in [0.15, 0.2) is 5.96 Å². The SMILES string of the molecule is CN=C(NCC(C1CCOC1)N1CCOCC1)NCC1(C)CCCO1. The van der Waals surface area contributed by atoms with E-state index < -0.39 is 0 Å². The zero-order valence-corrected chi connectivity index (χ0v) is 15.8. The molecule has 0 aromatic carbocycles. The minimum atomic E-state index is -0.0689. The van der Waals surface area contributed by atoms with E-state index in [0.29, 0.717) is 12.0 Å². The van der Waals surface area contributed by atoms with Crippen LogP contribution in [0.5, 0.6) is 0 Å². The van der Waals surface area contributed by atoms with Gasteiger partial charge in [-0.15, -0.1) is 0 Å². The summed E-state index contributed by atoms with van der Waals surface area (Å²) in [6.45, 7) is 10.1. The summed E-state index contributed by atoms with van der Waals surface area (Å²) < 4.78 is 17.0. The van der Waals surface area contributed by atoms with E-state index >= 15 is 0 Å². The van der Waals surface area contributed by atoms with Gasteiger partial charge >= 0.3 is 0 Å². The normalized spacial score (nSPS) is 32.7. The van der Waals surface area contributed by atoms with Gasteiger partial charge in [0.1, 0.15) is 0 Å². The molecule has 0 spiro atoms. The largest absolute Gasteiger partial charge is 0.381 e. The Morgan fingerprint density at radius 1 is 1.20 bits per heavy atom. The lowest BCUT2D eigenvalue weighted by molar-refractivity contribution is 0.00235. The summed E-state index contributed by atoms with van der Waals surface area (Å²) in [7, 11) is 1.83. The van der Waals surface area contributed by atoms with Crippen molar-refractivity contribution in [3.8, 4) is 0 Å².